The molecule has 120 valence electrons. The minimum absolute atomic E-state index is 0. The van der Waals surface area contributed by atoms with Gasteiger partial charge in [-0.3, -0.25) is 9.59 Å². The van der Waals surface area contributed by atoms with Gasteiger partial charge in [-0.15, -0.1) is 12.4 Å². The van der Waals surface area contributed by atoms with Gasteiger partial charge in [-0.1, -0.05) is 29.8 Å². The van der Waals surface area contributed by atoms with Gasteiger partial charge < -0.3 is 15.5 Å². The fraction of sp³-hybridized carbons (Fsp3) is 0.467. The predicted molar refractivity (Wildman–Crippen MR) is 87.2 cm³/mol. The Bertz CT molecular complexity index is 567. The molecule has 3 rings (SSSR count). The first-order valence-corrected chi connectivity index (χ1v) is 7.59. The van der Waals surface area contributed by atoms with Gasteiger partial charge in [0.05, 0.1) is 6.04 Å². The van der Waals surface area contributed by atoms with Crippen LogP contribution in [-0.2, 0) is 9.59 Å². The lowest BCUT2D eigenvalue weighted by atomic mass is 10.0. The number of hydrogen-bond acceptors (Lipinski definition) is 3. The molecular weight excluding hydrogens is 325 g/mol. The van der Waals surface area contributed by atoms with E-state index in [9.17, 15) is 9.59 Å². The van der Waals surface area contributed by atoms with Gasteiger partial charge in [-0.05, 0) is 18.1 Å². The van der Waals surface area contributed by atoms with Crippen LogP contribution in [0.3, 0.4) is 0 Å². The van der Waals surface area contributed by atoms with Crippen molar-refractivity contribution in [1.82, 2.24) is 15.5 Å². The molecule has 2 amide bonds. The van der Waals surface area contributed by atoms with Gasteiger partial charge in [0.25, 0.3) is 0 Å². The number of halogens is 2. The van der Waals surface area contributed by atoms with Crippen LogP contribution in [0.1, 0.15) is 24.4 Å². The average molecular weight is 344 g/mol. The molecule has 2 atom stereocenters. The molecule has 7 heteroatoms. The third-order valence-corrected chi connectivity index (χ3v) is 4.43. The smallest absolute Gasteiger partial charge is 0.245 e. The topological polar surface area (TPSA) is 61.4 Å². The van der Waals surface area contributed by atoms with E-state index in [0.29, 0.717) is 31.0 Å². The number of benzene rings is 1. The molecule has 5 nitrogen and oxygen atoms in total. The number of rotatable bonds is 2. The van der Waals surface area contributed by atoms with Crippen molar-refractivity contribution < 1.29 is 9.59 Å². The van der Waals surface area contributed by atoms with Crippen LogP contribution >= 0.6 is 24.0 Å². The monoisotopic (exact) mass is 343 g/mol. The highest BCUT2D eigenvalue weighted by atomic mass is 35.5. The first-order valence-electron chi connectivity index (χ1n) is 7.22. The van der Waals surface area contributed by atoms with Crippen molar-refractivity contribution in [3.05, 3.63) is 34.9 Å². The molecule has 0 bridgehead atoms. The molecular formula is C15H19Cl2N3O2. The van der Waals surface area contributed by atoms with Gasteiger partial charge >= 0.3 is 0 Å². The Hall–Kier alpha value is -1.30. The highest BCUT2D eigenvalue weighted by molar-refractivity contribution is 6.31. The van der Waals surface area contributed by atoms with E-state index >= 15 is 0 Å². The number of carbonyl (C=O) groups is 2. The average Bonchev–Trinajstić information content (AvgIpc) is 2.94. The van der Waals surface area contributed by atoms with E-state index in [1.807, 2.05) is 29.2 Å². The van der Waals surface area contributed by atoms with Crippen LogP contribution in [0.25, 0.3) is 0 Å². The number of carbonyl (C=O) groups excluding carboxylic acids is 2. The van der Waals surface area contributed by atoms with Crippen molar-refractivity contribution in [2.75, 3.05) is 19.6 Å². The summed E-state index contributed by atoms with van der Waals surface area (Å²) in [6, 6.07) is 7.12. The van der Waals surface area contributed by atoms with Crippen LogP contribution in [0.4, 0.5) is 0 Å². The van der Waals surface area contributed by atoms with Crippen molar-refractivity contribution in [3.63, 3.8) is 0 Å². The normalized spacial score (nSPS) is 24.6. The molecule has 22 heavy (non-hydrogen) atoms. The van der Waals surface area contributed by atoms with Gasteiger partial charge in [-0.2, -0.15) is 0 Å². The van der Waals surface area contributed by atoms with Crippen LogP contribution in [0, 0.1) is 0 Å². The fourth-order valence-corrected chi connectivity index (χ4v) is 3.25. The Morgan fingerprint density at radius 3 is 2.77 bits per heavy atom. The van der Waals surface area contributed by atoms with E-state index in [2.05, 4.69) is 10.6 Å². The van der Waals surface area contributed by atoms with E-state index in [1.54, 1.807) is 0 Å². The lowest BCUT2D eigenvalue weighted by Crippen LogP contribution is -2.53. The molecule has 2 aliphatic heterocycles. The van der Waals surface area contributed by atoms with E-state index in [-0.39, 0.29) is 36.3 Å². The molecule has 1 aromatic rings. The van der Waals surface area contributed by atoms with Gasteiger partial charge in [0, 0.05) is 31.1 Å². The van der Waals surface area contributed by atoms with Crippen molar-refractivity contribution in [2.45, 2.75) is 24.9 Å². The van der Waals surface area contributed by atoms with Gasteiger partial charge in [0.1, 0.15) is 6.04 Å². The quantitative estimate of drug-likeness (QED) is 0.855. The van der Waals surface area contributed by atoms with E-state index in [0.717, 1.165) is 12.1 Å². The molecule has 0 aromatic heterocycles. The zero-order valence-electron chi connectivity index (χ0n) is 12.0. The first-order chi connectivity index (χ1) is 10.2. The number of piperazine rings is 1. The van der Waals surface area contributed by atoms with Crippen molar-refractivity contribution in [2.24, 2.45) is 0 Å². The minimum atomic E-state index is -0.388. The summed E-state index contributed by atoms with van der Waals surface area (Å²) in [4.78, 5) is 25.9. The second-order valence-corrected chi connectivity index (χ2v) is 5.84. The first kappa shape index (κ1) is 17.1. The second kappa shape index (κ2) is 7.31. The van der Waals surface area contributed by atoms with Crippen LogP contribution in [0.2, 0.25) is 5.02 Å². The summed E-state index contributed by atoms with van der Waals surface area (Å²) in [6.07, 6.45) is 1.01. The summed E-state index contributed by atoms with van der Waals surface area (Å²) < 4.78 is 0. The summed E-state index contributed by atoms with van der Waals surface area (Å²) in [5.74, 6) is -0.0509. The van der Waals surface area contributed by atoms with Crippen LogP contribution in [-0.4, -0.2) is 42.4 Å². The van der Waals surface area contributed by atoms with E-state index in [1.165, 1.54) is 0 Å². The summed E-state index contributed by atoms with van der Waals surface area (Å²) in [6.45, 7) is 2.06. The third-order valence-electron chi connectivity index (χ3n) is 4.08. The third kappa shape index (κ3) is 3.37. The molecule has 0 aliphatic carbocycles. The maximum Gasteiger partial charge on any atom is 0.245 e. The van der Waals surface area contributed by atoms with Crippen LogP contribution < -0.4 is 10.6 Å². The molecule has 2 heterocycles. The molecule has 2 aliphatic rings. The van der Waals surface area contributed by atoms with Gasteiger partial charge in [-0.25, -0.2) is 0 Å². The Kier molecular flexibility index (Phi) is 5.67. The number of hydrogen-bond donors (Lipinski definition) is 2. The summed E-state index contributed by atoms with van der Waals surface area (Å²) in [5.41, 5.74) is 0.948. The lowest BCUT2D eigenvalue weighted by molar-refractivity contribution is -0.137. The SMILES string of the molecule is Cl.O=C1CC[C@H](C(=O)N2CCNCC2c2ccccc2Cl)N1. The van der Waals surface area contributed by atoms with Crippen molar-refractivity contribution in [1.29, 1.82) is 0 Å². The standard InChI is InChI=1S/C15H18ClN3O2.ClH/c16-11-4-2-1-3-10(11)13-9-17-7-8-19(13)15(21)12-5-6-14(20)18-12;/h1-4,12-13,17H,5-9H2,(H,18,20);1H/t12-,13?;/m1./s1. The number of amides is 2. The zero-order chi connectivity index (χ0) is 14.8. The van der Waals surface area contributed by atoms with E-state index in [4.69, 9.17) is 11.6 Å². The second-order valence-electron chi connectivity index (χ2n) is 5.43. The predicted octanol–water partition coefficient (Wildman–Crippen LogP) is 1.51. The Morgan fingerprint density at radius 1 is 1.32 bits per heavy atom. The molecule has 0 radical (unpaired) electrons. The number of nitrogens with zero attached hydrogens (tertiary/aromatic N) is 1. The van der Waals surface area contributed by atoms with E-state index < -0.39 is 0 Å². The fourth-order valence-electron chi connectivity index (χ4n) is 2.99. The number of nitrogens with one attached hydrogen (secondary N) is 2. The molecule has 2 saturated heterocycles. The Balaban J connectivity index is 0.00000176. The molecule has 2 fully saturated rings. The van der Waals surface area contributed by atoms with Crippen LogP contribution in [0.5, 0.6) is 0 Å². The van der Waals surface area contributed by atoms with Gasteiger partial charge in [0.2, 0.25) is 11.8 Å². The molecule has 1 unspecified atom stereocenters. The highest BCUT2D eigenvalue weighted by Crippen LogP contribution is 2.29. The lowest BCUT2D eigenvalue weighted by Gasteiger charge is -2.38. The minimum Gasteiger partial charge on any atom is -0.344 e. The summed E-state index contributed by atoms with van der Waals surface area (Å²) in [5, 5.41) is 6.73. The maximum atomic E-state index is 12.7. The summed E-state index contributed by atoms with van der Waals surface area (Å²) in [7, 11) is 0. The zero-order valence-corrected chi connectivity index (χ0v) is 13.6. The summed E-state index contributed by atoms with van der Waals surface area (Å²) >= 11 is 6.27. The van der Waals surface area contributed by atoms with Crippen LogP contribution in [0.15, 0.2) is 24.3 Å². The molecule has 2 N–H and O–H groups in total. The van der Waals surface area contributed by atoms with Crippen molar-refractivity contribution >= 4 is 35.8 Å². The van der Waals surface area contributed by atoms with Crippen molar-refractivity contribution in [3.8, 4) is 0 Å². The Morgan fingerprint density at radius 2 is 2.09 bits per heavy atom. The van der Waals surface area contributed by atoms with Gasteiger partial charge in [0.15, 0.2) is 0 Å². The molecule has 0 spiro atoms. The maximum absolute atomic E-state index is 12.7. The Labute approximate surface area is 140 Å². The largest absolute Gasteiger partial charge is 0.344 e. The molecule has 0 saturated carbocycles. The highest BCUT2D eigenvalue weighted by Gasteiger charge is 2.36. The molecule has 1 aromatic carbocycles.